The van der Waals surface area contributed by atoms with Gasteiger partial charge in [-0.2, -0.15) is 0 Å². The molecule has 0 bridgehead atoms. The normalized spacial score (nSPS) is 11.3. The van der Waals surface area contributed by atoms with Crippen molar-refractivity contribution in [3.63, 3.8) is 0 Å². The van der Waals surface area contributed by atoms with Crippen molar-refractivity contribution in [2.24, 2.45) is 0 Å². The van der Waals surface area contributed by atoms with Gasteiger partial charge in [0.1, 0.15) is 17.4 Å². The van der Waals surface area contributed by atoms with Crippen LogP contribution in [-0.4, -0.2) is 14.3 Å². The van der Waals surface area contributed by atoms with Crippen molar-refractivity contribution in [2.75, 3.05) is 5.32 Å². The third kappa shape index (κ3) is 4.57. The first kappa shape index (κ1) is 18.7. The standard InChI is InChI=1S/C18H14F2N2O4S/c19-12-3-5-13(6-4-12)22-18(23)16-10-15(7-8-17(16)20)27(24,25)21-11-14-2-1-9-26-14/h1-10,21H,11H2,(H,22,23). The number of benzene rings is 2. The monoisotopic (exact) mass is 392 g/mol. The Kier molecular flexibility index (Phi) is 5.33. The third-order valence-electron chi connectivity index (χ3n) is 3.61. The van der Waals surface area contributed by atoms with Gasteiger partial charge in [0, 0.05) is 5.69 Å². The number of halogens is 2. The molecule has 9 heteroatoms. The van der Waals surface area contributed by atoms with Gasteiger partial charge in [0.05, 0.1) is 23.3 Å². The first-order valence-electron chi connectivity index (χ1n) is 7.74. The molecule has 1 aromatic heterocycles. The van der Waals surface area contributed by atoms with Gasteiger partial charge >= 0.3 is 0 Å². The Morgan fingerprint density at radius 1 is 1.04 bits per heavy atom. The fraction of sp³-hybridized carbons (Fsp3) is 0.0556. The molecule has 27 heavy (non-hydrogen) atoms. The average molecular weight is 392 g/mol. The highest BCUT2D eigenvalue weighted by atomic mass is 32.2. The fourth-order valence-corrected chi connectivity index (χ4v) is 3.26. The summed E-state index contributed by atoms with van der Waals surface area (Å²) in [5.74, 6) is -1.84. The molecule has 0 aliphatic heterocycles. The summed E-state index contributed by atoms with van der Waals surface area (Å²) in [6.07, 6.45) is 1.40. The SMILES string of the molecule is O=C(Nc1ccc(F)cc1)c1cc(S(=O)(=O)NCc2ccco2)ccc1F. The van der Waals surface area contributed by atoms with Crippen LogP contribution in [0.2, 0.25) is 0 Å². The lowest BCUT2D eigenvalue weighted by Crippen LogP contribution is -2.24. The van der Waals surface area contributed by atoms with Gasteiger partial charge in [-0.05, 0) is 54.6 Å². The van der Waals surface area contributed by atoms with Crippen LogP contribution in [0.25, 0.3) is 0 Å². The van der Waals surface area contributed by atoms with Crippen molar-refractivity contribution in [1.82, 2.24) is 4.72 Å². The second kappa shape index (κ2) is 7.68. The predicted octanol–water partition coefficient (Wildman–Crippen LogP) is 3.29. The Hall–Kier alpha value is -3.04. The van der Waals surface area contributed by atoms with Crippen molar-refractivity contribution < 1.29 is 26.4 Å². The fourth-order valence-electron chi connectivity index (χ4n) is 2.24. The van der Waals surface area contributed by atoms with E-state index in [2.05, 4.69) is 10.0 Å². The number of carbonyl (C=O) groups excluding carboxylic acids is 1. The van der Waals surface area contributed by atoms with Crippen LogP contribution in [0.15, 0.2) is 70.2 Å². The zero-order valence-corrected chi connectivity index (χ0v) is 14.6. The molecule has 2 aromatic carbocycles. The highest BCUT2D eigenvalue weighted by molar-refractivity contribution is 7.89. The second-order valence-electron chi connectivity index (χ2n) is 5.51. The van der Waals surface area contributed by atoms with Crippen LogP contribution in [0.5, 0.6) is 0 Å². The van der Waals surface area contributed by atoms with E-state index in [1.807, 2.05) is 0 Å². The van der Waals surface area contributed by atoms with E-state index in [0.717, 1.165) is 30.3 Å². The van der Waals surface area contributed by atoms with Crippen molar-refractivity contribution in [1.29, 1.82) is 0 Å². The van der Waals surface area contributed by atoms with Crippen LogP contribution in [0.4, 0.5) is 14.5 Å². The Labute approximate surface area is 153 Å². The minimum absolute atomic E-state index is 0.0934. The number of rotatable bonds is 6. The molecule has 3 aromatic rings. The number of sulfonamides is 1. The first-order chi connectivity index (χ1) is 12.8. The molecular formula is C18H14F2N2O4S. The van der Waals surface area contributed by atoms with Gasteiger partial charge in [-0.3, -0.25) is 4.79 Å². The summed E-state index contributed by atoms with van der Waals surface area (Å²) in [5, 5.41) is 2.38. The Bertz CT molecular complexity index is 1050. The first-order valence-corrected chi connectivity index (χ1v) is 9.22. The molecule has 0 atom stereocenters. The number of anilines is 1. The van der Waals surface area contributed by atoms with E-state index in [4.69, 9.17) is 4.42 Å². The molecule has 1 heterocycles. The van der Waals surface area contributed by atoms with Crippen molar-refractivity contribution in [2.45, 2.75) is 11.4 Å². The minimum atomic E-state index is -3.99. The Morgan fingerprint density at radius 3 is 2.44 bits per heavy atom. The summed E-state index contributed by atoms with van der Waals surface area (Å²) in [6.45, 7) is -0.0934. The maximum Gasteiger partial charge on any atom is 0.258 e. The molecule has 1 amide bonds. The zero-order valence-electron chi connectivity index (χ0n) is 13.8. The molecular weight excluding hydrogens is 378 g/mol. The largest absolute Gasteiger partial charge is 0.468 e. The van der Waals surface area contributed by atoms with E-state index in [0.29, 0.717) is 5.76 Å². The maximum atomic E-state index is 14.0. The summed E-state index contributed by atoms with van der Waals surface area (Å²) < 4.78 is 59.0. The molecule has 0 saturated carbocycles. The van der Waals surface area contributed by atoms with Crippen LogP contribution in [0.1, 0.15) is 16.1 Å². The van der Waals surface area contributed by atoms with Crippen LogP contribution in [-0.2, 0) is 16.6 Å². The summed E-state index contributed by atoms with van der Waals surface area (Å²) in [4.78, 5) is 12.0. The van der Waals surface area contributed by atoms with E-state index in [9.17, 15) is 22.0 Å². The third-order valence-corrected chi connectivity index (χ3v) is 5.01. The number of carbonyl (C=O) groups is 1. The van der Waals surface area contributed by atoms with Crippen LogP contribution in [0.3, 0.4) is 0 Å². The van der Waals surface area contributed by atoms with Crippen molar-refractivity contribution >= 4 is 21.6 Å². The molecule has 0 radical (unpaired) electrons. The molecule has 2 N–H and O–H groups in total. The van der Waals surface area contributed by atoms with Crippen LogP contribution < -0.4 is 10.0 Å². The number of hydrogen-bond acceptors (Lipinski definition) is 4. The summed E-state index contributed by atoms with van der Waals surface area (Å²) in [5.41, 5.74) is -0.217. The molecule has 0 aliphatic carbocycles. The lowest BCUT2D eigenvalue weighted by Gasteiger charge is -2.09. The number of nitrogens with one attached hydrogen (secondary N) is 2. The molecule has 6 nitrogen and oxygen atoms in total. The average Bonchev–Trinajstić information content (AvgIpc) is 3.16. The number of amides is 1. The smallest absolute Gasteiger partial charge is 0.258 e. The Balaban J connectivity index is 1.80. The quantitative estimate of drug-likeness (QED) is 0.674. The van der Waals surface area contributed by atoms with Crippen LogP contribution >= 0.6 is 0 Å². The predicted molar refractivity (Wildman–Crippen MR) is 93.5 cm³/mol. The van der Waals surface area contributed by atoms with Gasteiger partial charge in [0.15, 0.2) is 0 Å². The van der Waals surface area contributed by atoms with E-state index in [1.54, 1.807) is 12.1 Å². The van der Waals surface area contributed by atoms with E-state index in [-0.39, 0.29) is 17.1 Å². The highest BCUT2D eigenvalue weighted by Gasteiger charge is 2.20. The maximum absolute atomic E-state index is 14.0. The van der Waals surface area contributed by atoms with E-state index in [1.165, 1.54) is 18.4 Å². The zero-order chi connectivity index (χ0) is 19.4. The van der Waals surface area contributed by atoms with E-state index >= 15 is 0 Å². The number of hydrogen-bond donors (Lipinski definition) is 2. The molecule has 140 valence electrons. The van der Waals surface area contributed by atoms with Gasteiger partial charge in [-0.15, -0.1) is 0 Å². The van der Waals surface area contributed by atoms with Crippen molar-refractivity contribution in [3.05, 3.63) is 83.8 Å². The summed E-state index contributed by atoms with van der Waals surface area (Å²) >= 11 is 0. The molecule has 0 unspecified atom stereocenters. The summed E-state index contributed by atoms with van der Waals surface area (Å²) in [6, 6.07) is 10.9. The van der Waals surface area contributed by atoms with Crippen LogP contribution in [0, 0.1) is 11.6 Å². The molecule has 0 spiro atoms. The Morgan fingerprint density at radius 2 is 1.78 bits per heavy atom. The van der Waals surface area contributed by atoms with E-state index < -0.39 is 33.1 Å². The van der Waals surface area contributed by atoms with Gasteiger partial charge in [0.2, 0.25) is 10.0 Å². The molecule has 0 fully saturated rings. The van der Waals surface area contributed by atoms with Gasteiger partial charge in [-0.25, -0.2) is 21.9 Å². The van der Waals surface area contributed by atoms with Gasteiger partial charge in [0.25, 0.3) is 5.91 Å². The van der Waals surface area contributed by atoms with Crippen molar-refractivity contribution in [3.8, 4) is 0 Å². The lowest BCUT2D eigenvalue weighted by molar-refractivity contribution is 0.102. The molecule has 0 aliphatic rings. The summed E-state index contributed by atoms with van der Waals surface area (Å²) in [7, 11) is -3.99. The number of furan rings is 1. The highest BCUT2D eigenvalue weighted by Crippen LogP contribution is 2.18. The minimum Gasteiger partial charge on any atom is -0.468 e. The lowest BCUT2D eigenvalue weighted by atomic mass is 10.2. The molecule has 0 saturated heterocycles. The van der Waals surface area contributed by atoms with Gasteiger partial charge in [-0.1, -0.05) is 0 Å². The molecule has 3 rings (SSSR count). The van der Waals surface area contributed by atoms with Gasteiger partial charge < -0.3 is 9.73 Å². The topological polar surface area (TPSA) is 88.4 Å². The second-order valence-corrected chi connectivity index (χ2v) is 7.27.